The number of hydrogen-bond acceptors (Lipinski definition) is 5. The summed E-state index contributed by atoms with van der Waals surface area (Å²) < 4.78 is 39.7. The van der Waals surface area contributed by atoms with Crippen molar-refractivity contribution in [3.63, 3.8) is 0 Å². The largest absolute Gasteiger partial charge is 1.00 e. The second kappa shape index (κ2) is 19.2. The van der Waals surface area contributed by atoms with Gasteiger partial charge >= 0.3 is 29.6 Å². The summed E-state index contributed by atoms with van der Waals surface area (Å²) in [5.74, 6) is 0. The zero-order valence-electron chi connectivity index (χ0n) is 15.1. The molecule has 0 aromatic rings. The molecule has 0 N–H and O–H groups in total. The van der Waals surface area contributed by atoms with Crippen LogP contribution in [0.5, 0.6) is 0 Å². The Bertz CT molecular complexity index is 322. The molecule has 0 heterocycles. The molecule has 0 atom stereocenters. The molecule has 0 saturated heterocycles. The van der Waals surface area contributed by atoms with Crippen LogP contribution in [0.3, 0.4) is 0 Å². The zero-order valence-corrected chi connectivity index (χ0v) is 17.9. The maximum Gasteiger partial charge on any atom is 1.00 e. The topological polar surface area (TPSA) is 75.7 Å². The normalized spacial score (nSPS) is 11.4. The minimum absolute atomic E-state index is 0. The Morgan fingerprint density at radius 3 is 1.57 bits per heavy atom. The Morgan fingerprint density at radius 2 is 1.13 bits per heavy atom. The van der Waals surface area contributed by atoms with Crippen molar-refractivity contribution in [2.75, 3.05) is 19.8 Å². The van der Waals surface area contributed by atoms with Gasteiger partial charge in [0.2, 0.25) is 10.4 Å². The van der Waals surface area contributed by atoms with Crippen molar-refractivity contribution in [3.05, 3.63) is 0 Å². The van der Waals surface area contributed by atoms with Crippen LogP contribution >= 0.6 is 0 Å². The van der Waals surface area contributed by atoms with E-state index < -0.39 is 10.4 Å². The van der Waals surface area contributed by atoms with Crippen LogP contribution in [0.1, 0.15) is 84.0 Å². The number of rotatable bonds is 17. The van der Waals surface area contributed by atoms with Crippen molar-refractivity contribution in [2.24, 2.45) is 0 Å². The van der Waals surface area contributed by atoms with Crippen LogP contribution in [0, 0.1) is 0 Å². The van der Waals surface area contributed by atoms with E-state index in [1.54, 1.807) is 0 Å². The molecule has 0 rings (SSSR count). The van der Waals surface area contributed by atoms with E-state index in [0.717, 1.165) is 12.8 Å². The molecular formula is C16H33NaO5S. The molecule has 0 spiro atoms. The first-order valence-electron chi connectivity index (χ1n) is 8.74. The van der Waals surface area contributed by atoms with Gasteiger partial charge in [-0.1, -0.05) is 77.6 Å². The van der Waals surface area contributed by atoms with E-state index in [-0.39, 0.29) is 42.8 Å². The second-order valence-electron chi connectivity index (χ2n) is 5.73. The average molecular weight is 360 g/mol. The molecule has 134 valence electrons. The Balaban J connectivity index is 0. The minimum atomic E-state index is -4.57. The van der Waals surface area contributed by atoms with Gasteiger partial charge in [0.15, 0.2) is 0 Å². The van der Waals surface area contributed by atoms with Gasteiger partial charge < -0.3 is 9.29 Å². The second-order valence-corrected chi connectivity index (χ2v) is 6.78. The first kappa shape index (κ1) is 26.1. The summed E-state index contributed by atoms with van der Waals surface area (Å²) >= 11 is 0. The van der Waals surface area contributed by atoms with Gasteiger partial charge in [0.25, 0.3) is 0 Å². The van der Waals surface area contributed by atoms with Gasteiger partial charge in [-0.25, -0.2) is 8.42 Å². The molecule has 0 aromatic heterocycles. The van der Waals surface area contributed by atoms with Crippen molar-refractivity contribution in [2.45, 2.75) is 84.0 Å². The smallest absolute Gasteiger partial charge is 0.726 e. The molecule has 0 amide bonds. The molecule has 23 heavy (non-hydrogen) atoms. The van der Waals surface area contributed by atoms with Crippen LogP contribution in [-0.4, -0.2) is 32.8 Å². The van der Waals surface area contributed by atoms with Crippen LogP contribution < -0.4 is 29.6 Å². The van der Waals surface area contributed by atoms with Crippen LogP contribution in [-0.2, 0) is 19.3 Å². The van der Waals surface area contributed by atoms with E-state index in [4.69, 9.17) is 4.74 Å². The van der Waals surface area contributed by atoms with E-state index in [2.05, 4.69) is 11.1 Å². The van der Waals surface area contributed by atoms with E-state index in [9.17, 15) is 13.0 Å². The van der Waals surface area contributed by atoms with Gasteiger partial charge in [0.05, 0.1) is 13.2 Å². The SMILES string of the molecule is CCCCCCCCCCCCCCOCCOS(=O)(=O)[O-].[Na+]. The van der Waals surface area contributed by atoms with Gasteiger partial charge in [0.1, 0.15) is 0 Å². The number of hydrogen-bond donors (Lipinski definition) is 0. The van der Waals surface area contributed by atoms with Crippen molar-refractivity contribution >= 4 is 10.4 Å². The van der Waals surface area contributed by atoms with Crippen LogP contribution in [0.25, 0.3) is 0 Å². The predicted octanol–water partition coefficient (Wildman–Crippen LogP) is 1.18. The Labute approximate surface area is 165 Å². The first-order chi connectivity index (χ1) is 10.6. The van der Waals surface area contributed by atoms with Crippen LogP contribution in [0.2, 0.25) is 0 Å². The molecule has 0 fully saturated rings. The van der Waals surface area contributed by atoms with Gasteiger partial charge in [0, 0.05) is 6.61 Å². The molecule has 0 aliphatic rings. The molecule has 7 heteroatoms. The fourth-order valence-electron chi connectivity index (χ4n) is 2.34. The standard InChI is InChI=1S/C16H34O5S.Na/c1-2-3-4-5-6-7-8-9-10-11-12-13-14-20-15-16-21-22(17,18)19;/h2-16H2,1H3,(H,17,18,19);/q;+1/p-1. The molecule has 0 aromatic carbocycles. The molecule has 0 unspecified atom stereocenters. The summed E-state index contributed by atoms with van der Waals surface area (Å²) in [7, 11) is -4.57. The van der Waals surface area contributed by atoms with Gasteiger partial charge in [-0.2, -0.15) is 0 Å². The van der Waals surface area contributed by atoms with Crippen molar-refractivity contribution < 1.29 is 51.4 Å². The summed E-state index contributed by atoms with van der Waals surface area (Å²) in [5.41, 5.74) is 0. The van der Waals surface area contributed by atoms with E-state index >= 15 is 0 Å². The Hall–Kier alpha value is 0.830. The van der Waals surface area contributed by atoms with Crippen molar-refractivity contribution in [1.82, 2.24) is 0 Å². The molecule has 0 bridgehead atoms. The number of unbranched alkanes of at least 4 members (excludes halogenated alkanes) is 11. The van der Waals surface area contributed by atoms with Crippen LogP contribution in [0.4, 0.5) is 0 Å². The Morgan fingerprint density at radius 1 is 0.696 bits per heavy atom. The molecule has 0 aliphatic carbocycles. The minimum Gasteiger partial charge on any atom is -0.726 e. The quantitative estimate of drug-likeness (QED) is 0.169. The summed E-state index contributed by atoms with van der Waals surface area (Å²) in [6.07, 6.45) is 15.5. The molecule has 0 saturated carbocycles. The van der Waals surface area contributed by atoms with E-state index in [1.165, 1.54) is 64.2 Å². The van der Waals surface area contributed by atoms with Crippen LogP contribution in [0.15, 0.2) is 0 Å². The zero-order chi connectivity index (χ0) is 16.5. The maximum atomic E-state index is 10.1. The molecule has 0 aliphatic heterocycles. The van der Waals surface area contributed by atoms with Gasteiger partial charge in [-0.3, -0.25) is 4.18 Å². The molecule has 5 nitrogen and oxygen atoms in total. The van der Waals surface area contributed by atoms with Gasteiger partial charge in [-0.05, 0) is 6.42 Å². The number of ether oxygens (including phenoxy) is 1. The third-order valence-electron chi connectivity index (χ3n) is 3.60. The summed E-state index contributed by atoms with van der Waals surface area (Å²) in [4.78, 5) is 0. The third-order valence-corrected chi connectivity index (χ3v) is 4.05. The van der Waals surface area contributed by atoms with E-state index in [1.807, 2.05) is 0 Å². The predicted molar refractivity (Wildman–Crippen MR) is 87.5 cm³/mol. The van der Waals surface area contributed by atoms with Crippen molar-refractivity contribution in [3.8, 4) is 0 Å². The maximum absolute atomic E-state index is 10.1. The molecular weight excluding hydrogens is 327 g/mol. The third kappa shape index (κ3) is 25.2. The van der Waals surface area contributed by atoms with Crippen molar-refractivity contribution in [1.29, 1.82) is 0 Å². The van der Waals surface area contributed by atoms with Gasteiger partial charge in [-0.15, -0.1) is 0 Å². The summed E-state index contributed by atoms with van der Waals surface area (Å²) in [6, 6.07) is 0. The fraction of sp³-hybridized carbons (Fsp3) is 1.00. The Kier molecular flexibility index (Phi) is 21.7. The van der Waals surface area contributed by atoms with E-state index in [0.29, 0.717) is 6.61 Å². The first-order valence-corrected chi connectivity index (χ1v) is 10.1. The summed E-state index contributed by atoms with van der Waals surface area (Å²) in [5, 5.41) is 0. The molecule has 0 radical (unpaired) electrons. The summed E-state index contributed by atoms with van der Waals surface area (Å²) in [6.45, 7) is 2.80. The average Bonchev–Trinajstić information content (AvgIpc) is 2.45. The monoisotopic (exact) mass is 360 g/mol. The fourth-order valence-corrected chi connectivity index (χ4v) is 2.61.